The smallest absolute Gasteiger partial charge is 0.227 e. The van der Waals surface area contributed by atoms with E-state index in [1.807, 2.05) is 13.8 Å². The predicted molar refractivity (Wildman–Crippen MR) is 110 cm³/mol. The number of rotatable bonds is 6. The molecule has 0 spiro atoms. The normalized spacial score (nSPS) is 12.3. The van der Waals surface area contributed by atoms with Gasteiger partial charge in [-0.15, -0.1) is 35.3 Å². The molecule has 0 aliphatic heterocycles. The van der Waals surface area contributed by atoms with Gasteiger partial charge in [-0.3, -0.25) is 9.79 Å². The van der Waals surface area contributed by atoms with Crippen molar-refractivity contribution in [3.63, 3.8) is 0 Å². The number of hydrogen-bond acceptors (Lipinski definition) is 3. The van der Waals surface area contributed by atoms with Crippen molar-refractivity contribution in [1.82, 2.24) is 16.0 Å². The SMILES string of the molecule is CN=C(NCC(C)(C)C(=O)NC)NCC(C)(C)c1cccs1.I. The summed E-state index contributed by atoms with van der Waals surface area (Å²) in [5, 5.41) is 11.3. The molecule has 0 unspecified atom stereocenters. The van der Waals surface area contributed by atoms with Gasteiger partial charge in [0.2, 0.25) is 5.91 Å². The van der Waals surface area contributed by atoms with Gasteiger partial charge < -0.3 is 16.0 Å². The molecule has 0 aromatic carbocycles. The molecule has 0 bridgehead atoms. The fourth-order valence-electron chi connectivity index (χ4n) is 2.00. The lowest BCUT2D eigenvalue weighted by molar-refractivity contribution is -0.128. The van der Waals surface area contributed by atoms with Gasteiger partial charge in [-0.2, -0.15) is 0 Å². The van der Waals surface area contributed by atoms with Crippen LogP contribution in [0.2, 0.25) is 0 Å². The number of nitrogens with one attached hydrogen (secondary N) is 3. The van der Waals surface area contributed by atoms with Crippen LogP contribution >= 0.6 is 35.3 Å². The van der Waals surface area contributed by atoms with Crippen molar-refractivity contribution in [1.29, 1.82) is 0 Å². The Balaban J connectivity index is 0.00000484. The van der Waals surface area contributed by atoms with E-state index in [0.29, 0.717) is 12.5 Å². The average molecular weight is 452 g/mol. The van der Waals surface area contributed by atoms with Crippen LogP contribution in [0.4, 0.5) is 0 Å². The van der Waals surface area contributed by atoms with E-state index < -0.39 is 5.41 Å². The first-order valence-electron chi connectivity index (χ1n) is 7.43. The van der Waals surface area contributed by atoms with Gasteiger partial charge in [-0.1, -0.05) is 19.9 Å². The van der Waals surface area contributed by atoms with Gasteiger partial charge in [0, 0.05) is 37.5 Å². The van der Waals surface area contributed by atoms with Crippen molar-refractivity contribution in [3.05, 3.63) is 22.4 Å². The van der Waals surface area contributed by atoms with Crippen molar-refractivity contribution in [2.75, 3.05) is 27.2 Å². The van der Waals surface area contributed by atoms with Crippen LogP contribution in [-0.2, 0) is 10.2 Å². The molecule has 0 atom stereocenters. The maximum atomic E-state index is 11.8. The molecule has 1 heterocycles. The van der Waals surface area contributed by atoms with Crippen LogP contribution in [0.3, 0.4) is 0 Å². The molecule has 5 nitrogen and oxygen atoms in total. The Labute approximate surface area is 160 Å². The lowest BCUT2D eigenvalue weighted by atomic mass is 9.91. The van der Waals surface area contributed by atoms with Gasteiger partial charge in [0.15, 0.2) is 5.96 Å². The van der Waals surface area contributed by atoms with Crippen LogP contribution in [0.15, 0.2) is 22.5 Å². The standard InChI is InChI=1S/C16H28N4OS.HI/c1-15(2,12-8-7-9-22-12)10-19-14(18-6)20-11-16(3,4)13(21)17-5;/h7-9H,10-11H2,1-6H3,(H,17,21)(H2,18,19,20);1H. The molecule has 1 rings (SSSR count). The number of thiophene rings is 1. The fraction of sp³-hybridized carbons (Fsp3) is 0.625. The van der Waals surface area contributed by atoms with Gasteiger partial charge in [0.1, 0.15) is 0 Å². The topological polar surface area (TPSA) is 65.5 Å². The summed E-state index contributed by atoms with van der Waals surface area (Å²) >= 11 is 1.76. The third-order valence-corrected chi connectivity index (χ3v) is 4.88. The van der Waals surface area contributed by atoms with Gasteiger partial charge in [0.25, 0.3) is 0 Å². The molecule has 1 amide bonds. The minimum absolute atomic E-state index is 0. The van der Waals surface area contributed by atoms with Gasteiger partial charge in [-0.25, -0.2) is 0 Å². The molecule has 0 aliphatic carbocycles. The Bertz CT molecular complexity index is 512. The maximum absolute atomic E-state index is 11.8. The third-order valence-electron chi connectivity index (χ3n) is 3.65. The number of guanidine groups is 1. The summed E-state index contributed by atoms with van der Waals surface area (Å²) in [7, 11) is 3.39. The number of amides is 1. The summed E-state index contributed by atoms with van der Waals surface area (Å²) in [4.78, 5) is 17.4. The van der Waals surface area contributed by atoms with Crippen molar-refractivity contribution in [2.45, 2.75) is 33.1 Å². The molecule has 0 radical (unpaired) electrons. The number of hydrogen-bond donors (Lipinski definition) is 3. The predicted octanol–water partition coefficient (Wildman–Crippen LogP) is 2.58. The van der Waals surface area contributed by atoms with E-state index >= 15 is 0 Å². The van der Waals surface area contributed by atoms with Gasteiger partial charge >= 0.3 is 0 Å². The molecule has 0 aliphatic rings. The molecule has 1 aromatic heterocycles. The second kappa shape index (κ2) is 9.46. The van der Waals surface area contributed by atoms with E-state index in [9.17, 15) is 4.79 Å². The van der Waals surface area contributed by atoms with E-state index in [0.717, 1.165) is 6.54 Å². The van der Waals surface area contributed by atoms with Crippen LogP contribution in [0, 0.1) is 5.41 Å². The summed E-state index contributed by atoms with van der Waals surface area (Å²) in [6.45, 7) is 9.50. The molecule has 7 heteroatoms. The maximum Gasteiger partial charge on any atom is 0.227 e. The Morgan fingerprint density at radius 3 is 2.30 bits per heavy atom. The van der Waals surface area contributed by atoms with E-state index in [4.69, 9.17) is 0 Å². The molecule has 132 valence electrons. The highest BCUT2D eigenvalue weighted by atomic mass is 127. The van der Waals surface area contributed by atoms with Crippen LogP contribution < -0.4 is 16.0 Å². The molecule has 3 N–H and O–H groups in total. The average Bonchev–Trinajstić information content (AvgIpc) is 3.01. The molecule has 0 fully saturated rings. The second-order valence-electron chi connectivity index (χ2n) is 6.60. The van der Waals surface area contributed by atoms with E-state index in [1.54, 1.807) is 25.4 Å². The Hall–Kier alpha value is -0.830. The lowest BCUT2D eigenvalue weighted by Gasteiger charge is -2.27. The van der Waals surface area contributed by atoms with Crippen molar-refractivity contribution in [3.8, 4) is 0 Å². The first-order valence-corrected chi connectivity index (χ1v) is 8.31. The highest BCUT2D eigenvalue weighted by molar-refractivity contribution is 14.0. The van der Waals surface area contributed by atoms with Crippen molar-refractivity contribution >= 4 is 47.2 Å². The second-order valence-corrected chi connectivity index (χ2v) is 7.55. The molecule has 0 saturated carbocycles. The molecule has 23 heavy (non-hydrogen) atoms. The molecular weight excluding hydrogens is 423 g/mol. The highest BCUT2D eigenvalue weighted by Crippen LogP contribution is 2.26. The molecular formula is C16H29IN4OS. The van der Waals surface area contributed by atoms with Gasteiger partial charge in [-0.05, 0) is 25.3 Å². The van der Waals surface area contributed by atoms with E-state index in [2.05, 4.69) is 52.3 Å². The van der Waals surface area contributed by atoms with Crippen LogP contribution in [0.1, 0.15) is 32.6 Å². The van der Waals surface area contributed by atoms with Crippen LogP contribution in [0.5, 0.6) is 0 Å². The highest BCUT2D eigenvalue weighted by Gasteiger charge is 2.27. The summed E-state index contributed by atoms with van der Waals surface area (Å²) in [5.41, 5.74) is -0.461. The van der Waals surface area contributed by atoms with Crippen molar-refractivity contribution < 1.29 is 4.79 Å². The minimum atomic E-state index is -0.490. The Morgan fingerprint density at radius 2 is 1.83 bits per heavy atom. The monoisotopic (exact) mass is 452 g/mol. The largest absolute Gasteiger partial charge is 0.359 e. The molecule has 0 saturated heterocycles. The number of halogens is 1. The quantitative estimate of drug-likeness (QED) is 0.353. The van der Waals surface area contributed by atoms with E-state index in [-0.39, 0.29) is 35.3 Å². The first kappa shape index (κ1) is 22.2. The summed E-state index contributed by atoms with van der Waals surface area (Å²) in [6.07, 6.45) is 0. The summed E-state index contributed by atoms with van der Waals surface area (Å²) < 4.78 is 0. The number of aliphatic imine (C=N–C) groups is 1. The minimum Gasteiger partial charge on any atom is -0.359 e. The summed E-state index contributed by atoms with van der Waals surface area (Å²) in [5.74, 6) is 0.718. The number of carbonyl (C=O) groups is 1. The Kier molecular flexibility index (Phi) is 9.12. The number of carbonyl (C=O) groups excluding carboxylic acids is 1. The van der Waals surface area contributed by atoms with Gasteiger partial charge in [0.05, 0.1) is 5.41 Å². The van der Waals surface area contributed by atoms with Crippen LogP contribution in [0.25, 0.3) is 0 Å². The van der Waals surface area contributed by atoms with Crippen molar-refractivity contribution in [2.24, 2.45) is 10.4 Å². The first-order chi connectivity index (χ1) is 10.2. The lowest BCUT2D eigenvalue weighted by Crippen LogP contribution is -2.49. The van der Waals surface area contributed by atoms with E-state index in [1.165, 1.54) is 4.88 Å². The molecule has 1 aromatic rings. The summed E-state index contributed by atoms with van der Waals surface area (Å²) in [6, 6.07) is 4.22. The zero-order chi connectivity index (χ0) is 16.8. The zero-order valence-corrected chi connectivity index (χ0v) is 18.0. The third kappa shape index (κ3) is 6.66. The fourth-order valence-corrected chi connectivity index (χ4v) is 2.85. The number of nitrogens with zero attached hydrogens (tertiary/aromatic N) is 1. The van der Waals surface area contributed by atoms with Crippen LogP contribution in [-0.4, -0.2) is 39.1 Å². The Morgan fingerprint density at radius 1 is 1.22 bits per heavy atom. The zero-order valence-electron chi connectivity index (χ0n) is 14.8.